The van der Waals surface area contributed by atoms with Crippen LogP contribution in [-0.2, 0) is 11.2 Å². The van der Waals surface area contributed by atoms with Crippen LogP contribution >= 0.6 is 27.5 Å². The molecule has 16 heavy (non-hydrogen) atoms. The summed E-state index contributed by atoms with van der Waals surface area (Å²) in [5, 5.41) is 9.04. The van der Waals surface area contributed by atoms with E-state index >= 15 is 0 Å². The van der Waals surface area contributed by atoms with Gasteiger partial charge in [-0.25, -0.2) is 0 Å². The highest BCUT2D eigenvalue weighted by atomic mass is 79.9. The summed E-state index contributed by atoms with van der Waals surface area (Å²) in [4.78, 5) is 11.0. The molecule has 1 aromatic rings. The first kappa shape index (κ1) is 13.3. The van der Waals surface area contributed by atoms with Crippen LogP contribution in [0, 0.1) is 5.92 Å². The maximum Gasteiger partial charge on any atom is 0.307 e. The molecule has 0 fully saturated rings. The zero-order chi connectivity index (χ0) is 12.0. The minimum atomic E-state index is -0.797. The van der Waals surface area contributed by atoms with Gasteiger partial charge in [-0.3, -0.25) is 4.79 Å². The van der Waals surface area contributed by atoms with E-state index in [1.54, 1.807) is 6.08 Å². The molecule has 0 saturated heterocycles. The highest BCUT2D eigenvalue weighted by molar-refractivity contribution is 9.10. The lowest BCUT2D eigenvalue weighted by molar-refractivity contribution is -0.141. The molecule has 0 heterocycles. The SMILES string of the molecule is O=C(O)C(C/C=C/Cl)Cc1cccc(Br)c1. The van der Waals surface area contributed by atoms with Gasteiger partial charge >= 0.3 is 5.97 Å². The van der Waals surface area contributed by atoms with Gasteiger partial charge in [0.25, 0.3) is 0 Å². The molecule has 4 heteroatoms. The van der Waals surface area contributed by atoms with Gasteiger partial charge in [-0.1, -0.05) is 45.7 Å². The summed E-state index contributed by atoms with van der Waals surface area (Å²) in [5.41, 5.74) is 2.36. The Morgan fingerprint density at radius 2 is 2.31 bits per heavy atom. The van der Waals surface area contributed by atoms with E-state index in [0.29, 0.717) is 12.8 Å². The predicted octanol–water partition coefficient (Wildman–Crippen LogP) is 3.84. The molecule has 1 aromatic carbocycles. The molecule has 1 unspecified atom stereocenters. The minimum Gasteiger partial charge on any atom is -0.481 e. The third kappa shape index (κ3) is 4.37. The fourth-order valence-electron chi connectivity index (χ4n) is 1.44. The van der Waals surface area contributed by atoms with Crippen LogP contribution in [0.3, 0.4) is 0 Å². The Balaban J connectivity index is 2.71. The number of aliphatic carboxylic acids is 1. The zero-order valence-electron chi connectivity index (χ0n) is 8.57. The van der Waals surface area contributed by atoms with Crippen LogP contribution in [0.15, 0.2) is 40.3 Å². The largest absolute Gasteiger partial charge is 0.481 e. The van der Waals surface area contributed by atoms with Gasteiger partial charge in [0.05, 0.1) is 5.92 Å². The lowest BCUT2D eigenvalue weighted by atomic mass is 9.96. The van der Waals surface area contributed by atoms with Gasteiger partial charge < -0.3 is 5.11 Å². The average molecular weight is 304 g/mol. The second kappa shape index (κ2) is 6.71. The first-order valence-corrected chi connectivity index (χ1v) is 6.09. The predicted molar refractivity (Wildman–Crippen MR) is 68.6 cm³/mol. The third-order valence-corrected chi connectivity index (χ3v) is 2.90. The maximum atomic E-state index is 11.0. The van der Waals surface area contributed by atoms with Crippen LogP contribution < -0.4 is 0 Å². The van der Waals surface area contributed by atoms with E-state index in [1.807, 2.05) is 24.3 Å². The highest BCUT2D eigenvalue weighted by Crippen LogP contribution is 2.17. The van der Waals surface area contributed by atoms with Crippen LogP contribution in [0.4, 0.5) is 0 Å². The van der Waals surface area contributed by atoms with Crippen molar-refractivity contribution in [3.8, 4) is 0 Å². The van der Waals surface area contributed by atoms with E-state index in [0.717, 1.165) is 10.0 Å². The number of carbonyl (C=O) groups is 1. The average Bonchev–Trinajstić information content (AvgIpc) is 2.24. The minimum absolute atomic E-state index is 0.427. The lowest BCUT2D eigenvalue weighted by Gasteiger charge is -2.10. The fourth-order valence-corrected chi connectivity index (χ4v) is 1.99. The van der Waals surface area contributed by atoms with Crippen LogP contribution in [0.1, 0.15) is 12.0 Å². The van der Waals surface area contributed by atoms with Crippen LogP contribution in [-0.4, -0.2) is 11.1 Å². The Kier molecular flexibility index (Phi) is 5.56. The molecule has 0 aliphatic carbocycles. The van der Waals surface area contributed by atoms with Crippen molar-refractivity contribution < 1.29 is 9.90 Å². The molecule has 2 nitrogen and oxygen atoms in total. The molecule has 0 radical (unpaired) electrons. The summed E-state index contributed by atoms with van der Waals surface area (Å²) in [7, 11) is 0. The number of allylic oxidation sites excluding steroid dienone is 1. The number of halogens is 2. The Hall–Kier alpha value is -0.800. The first-order chi connectivity index (χ1) is 7.63. The number of carboxylic acid groups (broad SMARTS) is 1. The van der Waals surface area contributed by atoms with Gasteiger partial charge in [0, 0.05) is 10.0 Å². The normalized spacial score (nSPS) is 12.9. The van der Waals surface area contributed by atoms with Gasteiger partial charge in [-0.2, -0.15) is 0 Å². The van der Waals surface area contributed by atoms with E-state index in [9.17, 15) is 4.79 Å². The number of rotatable bonds is 5. The van der Waals surface area contributed by atoms with E-state index in [1.165, 1.54) is 5.54 Å². The summed E-state index contributed by atoms with van der Waals surface area (Å²) in [6, 6.07) is 7.67. The quantitative estimate of drug-likeness (QED) is 0.897. The van der Waals surface area contributed by atoms with Gasteiger partial charge in [0.15, 0.2) is 0 Å². The van der Waals surface area contributed by atoms with Crippen LogP contribution in [0.25, 0.3) is 0 Å². The number of hydrogen-bond acceptors (Lipinski definition) is 1. The molecule has 0 aliphatic rings. The molecule has 1 rings (SSSR count). The van der Waals surface area contributed by atoms with Crippen molar-refractivity contribution in [2.75, 3.05) is 0 Å². The molecule has 0 spiro atoms. The zero-order valence-corrected chi connectivity index (χ0v) is 10.9. The van der Waals surface area contributed by atoms with Crippen molar-refractivity contribution in [3.63, 3.8) is 0 Å². The van der Waals surface area contributed by atoms with Crippen molar-refractivity contribution in [2.45, 2.75) is 12.8 Å². The van der Waals surface area contributed by atoms with Crippen molar-refractivity contribution in [3.05, 3.63) is 45.9 Å². The van der Waals surface area contributed by atoms with Crippen molar-refractivity contribution in [1.29, 1.82) is 0 Å². The number of carboxylic acids is 1. The van der Waals surface area contributed by atoms with E-state index in [-0.39, 0.29) is 0 Å². The molecule has 1 atom stereocenters. The summed E-state index contributed by atoms with van der Waals surface area (Å²) in [6.45, 7) is 0. The molecule has 0 amide bonds. The molecular weight excluding hydrogens is 291 g/mol. The van der Waals surface area contributed by atoms with Gasteiger partial charge in [0.2, 0.25) is 0 Å². The summed E-state index contributed by atoms with van der Waals surface area (Å²) in [5.74, 6) is -1.22. The first-order valence-electron chi connectivity index (χ1n) is 4.86. The summed E-state index contributed by atoms with van der Waals surface area (Å²) >= 11 is 8.76. The van der Waals surface area contributed by atoms with Gasteiger partial charge in [0.1, 0.15) is 0 Å². The topological polar surface area (TPSA) is 37.3 Å². The Bertz CT molecular complexity index is 390. The molecule has 0 aliphatic heterocycles. The summed E-state index contributed by atoms with van der Waals surface area (Å²) in [6.07, 6.45) is 2.62. The standard InChI is InChI=1S/C12H12BrClO2/c13-11-5-1-3-9(8-11)7-10(12(15)16)4-2-6-14/h1-3,5-6,8,10H,4,7H2,(H,15,16)/b6-2+. The fraction of sp³-hybridized carbons (Fsp3) is 0.250. The third-order valence-electron chi connectivity index (χ3n) is 2.23. The maximum absolute atomic E-state index is 11.0. The second-order valence-corrected chi connectivity index (χ2v) is 4.63. The van der Waals surface area contributed by atoms with Crippen molar-refractivity contribution in [1.82, 2.24) is 0 Å². The number of benzene rings is 1. The van der Waals surface area contributed by atoms with Crippen LogP contribution in [0.2, 0.25) is 0 Å². The van der Waals surface area contributed by atoms with E-state index in [2.05, 4.69) is 15.9 Å². The lowest BCUT2D eigenvalue weighted by Crippen LogP contribution is -2.15. The van der Waals surface area contributed by atoms with Crippen LogP contribution in [0.5, 0.6) is 0 Å². The second-order valence-electron chi connectivity index (χ2n) is 3.47. The molecule has 1 N–H and O–H groups in total. The Labute approximate surface area is 108 Å². The molecule has 0 bridgehead atoms. The van der Waals surface area contributed by atoms with E-state index in [4.69, 9.17) is 16.7 Å². The van der Waals surface area contributed by atoms with Crippen molar-refractivity contribution in [2.24, 2.45) is 5.92 Å². The van der Waals surface area contributed by atoms with Crippen molar-refractivity contribution >= 4 is 33.5 Å². The smallest absolute Gasteiger partial charge is 0.307 e. The molecule has 0 saturated carbocycles. The Morgan fingerprint density at radius 1 is 1.56 bits per heavy atom. The molecule has 86 valence electrons. The Morgan fingerprint density at radius 3 is 2.88 bits per heavy atom. The number of hydrogen-bond donors (Lipinski definition) is 1. The van der Waals surface area contributed by atoms with Gasteiger partial charge in [-0.15, -0.1) is 0 Å². The highest BCUT2D eigenvalue weighted by Gasteiger charge is 2.16. The van der Waals surface area contributed by atoms with E-state index < -0.39 is 11.9 Å². The monoisotopic (exact) mass is 302 g/mol. The van der Waals surface area contributed by atoms with Gasteiger partial charge in [-0.05, 0) is 30.5 Å². The summed E-state index contributed by atoms with van der Waals surface area (Å²) < 4.78 is 0.960. The molecular formula is C12H12BrClO2. The molecule has 0 aromatic heterocycles.